The maximum Gasteiger partial charge on any atom is 0.251 e. The van der Waals surface area contributed by atoms with Crippen molar-refractivity contribution in [1.29, 1.82) is 0 Å². The third-order valence-corrected chi connectivity index (χ3v) is 5.24. The predicted molar refractivity (Wildman–Crippen MR) is 98.1 cm³/mol. The zero-order chi connectivity index (χ0) is 17.1. The van der Waals surface area contributed by atoms with Gasteiger partial charge in [0.15, 0.2) is 0 Å². The van der Waals surface area contributed by atoms with Crippen molar-refractivity contribution in [2.75, 3.05) is 13.1 Å². The van der Waals surface area contributed by atoms with E-state index < -0.39 is 0 Å². The number of pyridine rings is 1. The number of aromatic nitrogens is 3. The van der Waals surface area contributed by atoms with E-state index >= 15 is 0 Å². The molecule has 0 bridgehead atoms. The third-order valence-electron chi connectivity index (χ3n) is 5.24. The van der Waals surface area contributed by atoms with Gasteiger partial charge in [-0.25, -0.2) is 4.98 Å². The first-order valence-electron chi connectivity index (χ1n) is 9.21. The largest absolute Gasteiger partial charge is 0.309 e. The quantitative estimate of drug-likeness (QED) is 0.870. The summed E-state index contributed by atoms with van der Waals surface area (Å²) in [5.74, 6) is 1.51. The standard InChI is InChI=1S/C20H24N4O/c25-19-13-17(16-9-4-5-11-21-16)22-20(23-19)18-10-6-12-24(18)14-15-7-2-1-3-8-15/h1-2,4-5,9,11,13,15,18H,3,6-8,10,12,14H2,(H,22,23,25)/t15-,18-/m1/s1. The number of hydrogen-bond donors (Lipinski definition) is 1. The SMILES string of the molecule is O=c1cc(-c2ccccn2)nc([C@H]2CCCN2C[C@@H]2CC=CCC2)[nH]1. The van der Waals surface area contributed by atoms with Crippen LogP contribution in [-0.4, -0.2) is 32.9 Å². The number of H-pyrrole nitrogens is 1. The number of allylic oxidation sites excluding steroid dienone is 2. The van der Waals surface area contributed by atoms with Gasteiger partial charge in [0.2, 0.25) is 0 Å². The fourth-order valence-corrected chi connectivity index (χ4v) is 3.99. The van der Waals surface area contributed by atoms with E-state index in [9.17, 15) is 4.79 Å². The van der Waals surface area contributed by atoms with Gasteiger partial charge in [-0.2, -0.15) is 0 Å². The van der Waals surface area contributed by atoms with Gasteiger partial charge < -0.3 is 4.98 Å². The molecule has 1 aliphatic carbocycles. The molecule has 1 fully saturated rings. The van der Waals surface area contributed by atoms with Crippen LogP contribution >= 0.6 is 0 Å². The Kier molecular flexibility index (Phi) is 4.74. The highest BCUT2D eigenvalue weighted by atomic mass is 16.1. The summed E-state index contributed by atoms with van der Waals surface area (Å²) in [5.41, 5.74) is 1.31. The summed E-state index contributed by atoms with van der Waals surface area (Å²) in [4.78, 5) is 26.8. The summed E-state index contributed by atoms with van der Waals surface area (Å²) in [7, 11) is 0. The van der Waals surface area contributed by atoms with Crippen molar-refractivity contribution in [3.8, 4) is 11.4 Å². The lowest BCUT2D eigenvalue weighted by Gasteiger charge is -2.29. The Bertz CT molecular complexity index is 799. The molecule has 0 saturated carbocycles. The lowest BCUT2D eigenvalue weighted by molar-refractivity contribution is 0.202. The van der Waals surface area contributed by atoms with Crippen LogP contribution in [0.25, 0.3) is 11.4 Å². The summed E-state index contributed by atoms with van der Waals surface area (Å²) >= 11 is 0. The molecule has 1 N–H and O–H groups in total. The first-order valence-corrected chi connectivity index (χ1v) is 9.21. The highest BCUT2D eigenvalue weighted by molar-refractivity contribution is 5.52. The number of rotatable bonds is 4. The zero-order valence-corrected chi connectivity index (χ0v) is 14.4. The molecule has 0 radical (unpaired) electrons. The fraction of sp³-hybridized carbons (Fsp3) is 0.450. The maximum absolute atomic E-state index is 12.2. The summed E-state index contributed by atoms with van der Waals surface area (Å²) in [6.07, 6.45) is 12.2. The van der Waals surface area contributed by atoms with Crippen molar-refractivity contribution in [3.05, 3.63) is 58.8 Å². The van der Waals surface area contributed by atoms with Crippen molar-refractivity contribution < 1.29 is 0 Å². The number of aromatic amines is 1. The van der Waals surface area contributed by atoms with Crippen molar-refractivity contribution in [1.82, 2.24) is 19.9 Å². The van der Waals surface area contributed by atoms with Crippen molar-refractivity contribution >= 4 is 0 Å². The molecule has 25 heavy (non-hydrogen) atoms. The van der Waals surface area contributed by atoms with Gasteiger partial charge in [-0.1, -0.05) is 18.2 Å². The third kappa shape index (κ3) is 3.71. The van der Waals surface area contributed by atoms with E-state index in [0.717, 1.165) is 43.4 Å². The van der Waals surface area contributed by atoms with Crippen molar-refractivity contribution in [3.63, 3.8) is 0 Å². The molecule has 2 aliphatic rings. The Morgan fingerprint density at radius 1 is 1.20 bits per heavy atom. The second kappa shape index (κ2) is 7.31. The van der Waals surface area contributed by atoms with E-state index in [1.165, 1.54) is 25.3 Å². The maximum atomic E-state index is 12.2. The fourth-order valence-electron chi connectivity index (χ4n) is 3.99. The Morgan fingerprint density at radius 2 is 2.16 bits per heavy atom. The second-order valence-corrected chi connectivity index (χ2v) is 7.03. The van der Waals surface area contributed by atoms with Crippen LogP contribution in [0.3, 0.4) is 0 Å². The molecule has 2 aromatic heterocycles. The van der Waals surface area contributed by atoms with E-state index in [1.54, 1.807) is 6.20 Å². The molecule has 1 aliphatic heterocycles. The lowest BCUT2D eigenvalue weighted by atomic mass is 9.93. The Balaban J connectivity index is 1.58. The van der Waals surface area contributed by atoms with Crippen LogP contribution in [0.15, 0.2) is 47.4 Å². The number of nitrogens with one attached hydrogen (secondary N) is 1. The van der Waals surface area contributed by atoms with Gasteiger partial charge in [0, 0.05) is 18.8 Å². The van der Waals surface area contributed by atoms with Crippen LogP contribution in [0.5, 0.6) is 0 Å². The van der Waals surface area contributed by atoms with Crippen LogP contribution in [0.1, 0.15) is 44.0 Å². The van der Waals surface area contributed by atoms with E-state index in [-0.39, 0.29) is 11.6 Å². The van der Waals surface area contributed by atoms with Crippen LogP contribution in [0.2, 0.25) is 0 Å². The molecule has 0 spiro atoms. The molecule has 1 saturated heterocycles. The van der Waals surface area contributed by atoms with Crippen LogP contribution in [-0.2, 0) is 0 Å². The average molecular weight is 336 g/mol. The minimum Gasteiger partial charge on any atom is -0.309 e. The summed E-state index contributed by atoms with van der Waals surface area (Å²) < 4.78 is 0. The summed E-state index contributed by atoms with van der Waals surface area (Å²) in [5, 5.41) is 0. The predicted octanol–water partition coefficient (Wildman–Crippen LogP) is 3.33. The number of hydrogen-bond acceptors (Lipinski definition) is 4. The van der Waals surface area contributed by atoms with Gasteiger partial charge in [0.1, 0.15) is 5.82 Å². The van der Waals surface area contributed by atoms with E-state index in [1.807, 2.05) is 18.2 Å². The van der Waals surface area contributed by atoms with Gasteiger partial charge in [0.25, 0.3) is 5.56 Å². The smallest absolute Gasteiger partial charge is 0.251 e. The van der Waals surface area contributed by atoms with Crippen LogP contribution in [0, 0.1) is 5.92 Å². The molecule has 0 unspecified atom stereocenters. The Morgan fingerprint density at radius 3 is 2.96 bits per heavy atom. The highest BCUT2D eigenvalue weighted by Crippen LogP contribution is 2.32. The zero-order valence-electron chi connectivity index (χ0n) is 14.4. The number of likely N-dealkylation sites (tertiary alicyclic amines) is 1. The number of nitrogens with zero attached hydrogens (tertiary/aromatic N) is 3. The lowest BCUT2D eigenvalue weighted by Crippen LogP contribution is -2.31. The minimum atomic E-state index is -0.0990. The minimum absolute atomic E-state index is 0.0990. The molecular weight excluding hydrogens is 312 g/mol. The van der Waals surface area contributed by atoms with E-state index in [2.05, 4.69) is 27.0 Å². The molecule has 2 aromatic rings. The van der Waals surface area contributed by atoms with E-state index in [4.69, 9.17) is 4.98 Å². The van der Waals surface area contributed by atoms with Gasteiger partial charge in [-0.05, 0) is 56.7 Å². The van der Waals surface area contributed by atoms with E-state index in [0.29, 0.717) is 5.69 Å². The first kappa shape index (κ1) is 16.2. The van der Waals surface area contributed by atoms with Crippen molar-refractivity contribution in [2.45, 2.75) is 38.1 Å². The molecule has 0 aromatic carbocycles. The molecule has 2 atom stereocenters. The van der Waals surface area contributed by atoms with Crippen molar-refractivity contribution in [2.24, 2.45) is 5.92 Å². The summed E-state index contributed by atoms with van der Waals surface area (Å²) in [6.45, 7) is 2.18. The van der Waals surface area contributed by atoms with Crippen LogP contribution < -0.4 is 5.56 Å². The monoisotopic (exact) mass is 336 g/mol. The average Bonchev–Trinajstić information content (AvgIpc) is 3.11. The van der Waals surface area contributed by atoms with Gasteiger partial charge in [-0.3, -0.25) is 14.7 Å². The van der Waals surface area contributed by atoms with Gasteiger partial charge in [0.05, 0.1) is 17.4 Å². The second-order valence-electron chi connectivity index (χ2n) is 7.03. The first-order chi connectivity index (χ1) is 12.3. The topological polar surface area (TPSA) is 61.9 Å². The molecule has 4 rings (SSSR count). The highest BCUT2D eigenvalue weighted by Gasteiger charge is 2.30. The normalized spacial score (nSPS) is 23.8. The van der Waals surface area contributed by atoms with Crippen LogP contribution in [0.4, 0.5) is 0 Å². The molecule has 130 valence electrons. The molecular formula is C20H24N4O. The molecule has 3 heterocycles. The Hall–Kier alpha value is -2.27. The van der Waals surface area contributed by atoms with Gasteiger partial charge in [-0.15, -0.1) is 0 Å². The van der Waals surface area contributed by atoms with Gasteiger partial charge >= 0.3 is 0 Å². The molecule has 0 amide bonds. The molecule has 5 heteroatoms. The Labute approximate surface area is 147 Å². The summed E-state index contributed by atoms with van der Waals surface area (Å²) in [6, 6.07) is 7.43. The molecule has 5 nitrogen and oxygen atoms in total.